The van der Waals surface area contributed by atoms with Crippen molar-refractivity contribution in [2.24, 2.45) is 5.10 Å². The number of hydrogen-bond acceptors (Lipinski definition) is 5. The first kappa shape index (κ1) is 20.3. The molecule has 1 amide bonds. The van der Waals surface area contributed by atoms with E-state index in [4.69, 9.17) is 14.2 Å². The summed E-state index contributed by atoms with van der Waals surface area (Å²) in [4.78, 5) is 11.9. The first-order valence-electron chi connectivity index (χ1n) is 8.72. The van der Waals surface area contributed by atoms with E-state index in [-0.39, 0.29) is 12.5 Å². The molecule has 2 aromatic rings. The molecule has 144 valence electrons. The maximum Gasteiger partial charge on any atom is 0.277 e. The SMILES string of the molecule is COc1ccc(OC)c(/C=N/NC(=O)COc2ccc(C(C)C)c(C)c2)c1. The molecular weight excluding hydrogens is 344 g/mol. The Labute approximate surface area is 160 Å². The molecule has 6 heteroatoms. The zero-order chi connectivity index (χ0) is 19.8. The van der Waals surface area contributed by atoms with E-state index in [2.05, 4.69) is 24.4 Å². The Hall–Kier alpha value is -3.02. The van der Waals surface area contributed by atoms with Gasteiger partial charge in [-0.3, -0.25) is 4.79 Å². The molecule has 1 N–H and O–H groups in total. The molecule has 0 saturated heterocycles. The van der Waals surface area contributed by atoms with Gasteiger partial charge in [0.2, 0.25) is 0 Å². The summed E-state index contributed by atoms with van der Waals surface area (Å²) in [6.45, 7) is 6.21. The molecule has 2 aromatic carbocycles. The zero-order valence-corrected chi connectivity index (χ0v) is 16.4. The number of methoxy groups -OCH3 is 2. The highest BCUT2D eigenvalue weighted by Crippen LogP contribution is 2.24. The van der Waals surface area contributed by atoms with Gasteiger partial charge in [-0.1, -0.05) is 19.9 Å². The molecule has 0 aliphatic rings. The summed E-state index contributed by atoms with van der Waals surface area (Å²) in [5.41, 5.74) is 5.55. The third-order valence-electron chi connectivity index (χ3n) is 4.06. The van der Waals surface area contributed by atoms with Gasteiger partial charge >= 0.3 is 0 Å². The number of carbonyl (C=O) groups excluding carboxylic acids is 1. The molecule has 0 bridgehead atoms. The number of aryl methyl sites for hydroxylation is 1. The number of nitrogens with one attached hydrogen (secondary N) is 1. The standard InChI is InChI=1S/C21H26N2O4/c1-14(2)19-8-6-18(10-15(19)3)27-13-21(24)23-22-12-16-11-17(25-4)7-9-20(16)26-5/h6-12,14H,13H2,1-5H3,(H,23,24)/b22-12+. The lowest BCUT2D eigenvalue weighted by Gasteiger charge is -2.12. The lowest BCUT2D eigenvalue weighted by Crippen LogP contribution is -2.24. The predicted molar refractivity (Wildman–Crippen MR) is 106 cm³/mol. The number of hydrazone groups is 1. The smallest absolute Gasteiger partial charge is 0.277 e. The van der Waals surface area contributed by atoms with Gasteiger partial charge in [-0.15, -0.1) is 0 Å². The maximum atomic E-state index is 11.9. The lowest BCUT2D eigenvalue weighted by atomic mass is 9.98. The van der Waals surface area contributed by atoms with Crippen molar-refractivity contribution in [1.82, 2.24) is 5.43 Å². The Morgan fingerprint density at radius 1 is 1.11 bits per heavy atom. The molecule has 27 heavy (non-hydrogen) atoms. The van der Waals surface area contributed by atoms with Crippen LogP contribution in [0.1, 0.15) is 36.5 Å². The van der Waals surface area contributed by atoms with Crippen LogP contribution in [0.4, 0.5) is 0 Å². The summed E-state index contributed by atoms with van der Waals surface area (Å²) in [5, 5.41) is 3.95. The van der Waals surface area contributed by atoms with E-state index < -0.39 is 0 Å². The van der Waals surface area contributed by atoms with E-state index in [1.807, 2.05) is 25.1 Å². The Bertz CT molecular complexity index is 816. The van der Waals surface area contributed by atoms with E-state index in [0.717, 1.165) is 5.56 Å². The van der Waals surface area contributed by atoms with E-state index in [9.17, 15) is 4.79 Å². The van der Waals surface area contributed by atoms with E-state index in [1.54, 1.807) is 32.4 Å². The third kappa shape index (κ3) is 5.74. The topological polar surface area (TPSA) is 69.2 Å². The van der Waals surface area contributed by atoms with Gasteiger partial charge in [-0.05, 0) is 54.3 Å². The minimum atomic E-state index is -0.348. The van der Waals surface area contributed by atoms with Crippen molar-refractivity contribution >= 4 is 12.1 Å². The number of hydrogen-bond donors (Lipinski definition) is 1. The molecule has 0 aromatic heterocycles. The molecule has 0 spiro atoms. The van der Waals surface area contributed by atoms with Crippen molar-refractivity contribution in [3.05, 3.63) is 53.1 Å². The molecule has 0 aliphatic carbocycles. The van der Waals surface area contributed by atoms with Crippen molar-refractivity contribution in [3.63, 3.8) is 0 Å². The molecular formula is C21H26N2O4. The van der Waals surface area contributed by atoms with Gasteiger partial charge in [0.05, 0.1) is 20.4 Å². The minimum absolute atomic E-state index is 0.118. The Morgan fingerprint density at radius 3 is 2.48 bits per heavy atom. The second-order valence-electron chi connectivity index (χ2n) is 6.36. The largest absolute Gasteiger partial charge is 0.497 e. The molecule has 0 aliphatic heterocycles. The van der Waals surface area contributed by atoms with Crippen LogP contribution in [0.3, 0.4) is 0 Å². The number of ether oxygens (including phenoxy) is 3. The molecule has 0 fully saturated rings. The summed E-state index contributed by atoms with van der Waals surface area (Å²) in [6.07, 6.45) is 1.50. The molecule has 0 unspecified atom stereocenters. The van der Waals surface area contributed by atoms with Crippen molar-refractivity contribution in [2.75, 3.05) is 20.8 Å². The number of carbonyl (C=O) groups is 1. The van der Waals surface area contributed by atoms with Crippen LogP contribution in [0.15, 0.2) is 41.5 Å². The van der Waals surface area contributed by atoms with Crippen LogP contribution in [0.5, 0.6) is 17.2 Å². The van der Waals surface area contributed by atoms with Crippen LogP contribution >= 0.6 is 0 Å². The highest BCUT2D eigenvalue weighted by atomic mass is 16.5. The van der Waals surface area contributed by atoms with Crippen molar-refractivity contribution in [2.45, 2.75) is 26.7 Å². The average Bonchev–Trinajstić information content (AvgIpc) is 2.66. The van der Waals surface area contributed by atoms with Crippen molar-refractivity contribution in [3.8, 4) is 17.2 Å². The van der Waals surface area contributed by atoms with Crippen LogP contribution in [-0.2, 0) is 4.79 Å². The quantitative estimate of drug-likeness (QED) is 0.569. The van der Waals surface area contributed by atoms with Gasteiger partial charge in [0.1, 0.15) is 17.2 Å². The average molecular weight is 370 g/mol. The van der Waals surface area contributed by atoms with Gasteiger partial charge in [-0.2, -0.15) is 5.10 Å². The van der Waals surface area contributed by atoms with Gasteiger partial charge in [0, 0.05) is 5.56 Å². The van der Waals surface area contributed by atoms with Crippen LogP contribution in [0.2, 0.25) is 0 Å². The summed E-state index contributed by atoms with van der Waals surface area (Å²) < 4.78 is 16.0. The van der Waals surface area contributed by atoms with Crippen LogP contribution in [0, 0.1) is 6.92 Å². The summed E-state index contributed by atoms with van der Waals surface area (Å²) in [7, 11) is 3.15. The van der Waals surface area contributed by atoms with Crippen LogP contribution < -0.4 is 19.6 Å². The van der Waals surface area contributed by atoms with Gasteiger partial charge in [0.25, 0.3) is 5.91 Å². The van der Waals surface area contributed by atoms with E-state index in [0.29, 0.717) is 28.7 Å². The summed E-state index contributed by atoms with van der Waals surface area (Å²) >= 11 is 0. The second-order valence-corrected chi connectivity index (χ2v) is 6.36. The number of amides is 1. The zero-order valence-electron chi connectivity index (χ0n) is 16.4. The predicted octanol–water partition coefficient (Wildman–Crippen LogP) is 3.66. The van der Waals surface area contributed by atoms with Crippen LogP contribution in [0.25, 0.3) is 0 Å². The summed E-state index contributed by atoms with van der Waals surface area (Å²) in [5.74, 6) is 2.06. The maximum absolute atomic E-state index is 11.9. The first-order valence-corrected chi connectivity index (χ1v) is 8.72. The highest BCUT2D eigenvalue weighted by Gasteiger charge is 2.07. The third-order valence-corrected chi connectivity index (χ3v) is 4.06. The Balaban J connectivity index is 1.91. The number of nitrogens with zero attached hydrogens (tertiary/aromatic N) is 1. The Morgan fingerprint density at radius 2 is 1.85 bits per heavy atom. The fraction of sp³-hybridized carbons (Fsp3) is 0.333. The van der Waals surface area contributed by atoms with E-state index >= 15 is 0 Å². The fourth-order valence-electron chi connectivity index (χ4n) is 2.68. The monoisotopic (exact) mass is 370 g/mol. The molecule has 2 rings (SSSR count). The highest BCUT2D eigenvalue weighted by molar-refractivity contribution is 5.86. The molecule has 6 nitrogen and oxygen atoms in total. The minimum Gasteiger partial charge on any atom is -0.497 e. The van der Waals surface area contributed by atoms with Gasteiger partial charge in [-0.25, -0.2) is 5.43 Å². The molecule has 0 heterocycles. The van der Waals surface area contributed by atoms with Crippen molar-refractivity contribution in [1.29, 1.82) is 0 Å². The normalized spacial score (nSPS) is 10.9. The molecule has 0 radical (unpaired) electrons. The van der Waals surface area contributed by atoms with Gasteiger partial charge < -0.3 is 14.2 Å². The van der Waals surface area contributed by atoms with Gasteiger partial charge in [0.15, 0.2) is 6.61 Å². The summed E-state index contributed by atoms with van der Waals surface area (Å²) in [6, 6.07) is 11.2. The fourth-order valence-corrected chi connectivity index (χ4v) is 2.68. The first-order chi connectivity index (χ1) is 12.9. The van der Waals surface area contributed by atoms with Crippen LogP contribution in [-0.4, -0.2) is 32.9 Å². The lowest BCUT2D eigenvalue weighted by molar-refractivity contribution is -0.123. The molecule has 0 atom stereocenters. The molecule has 0 saturated carbocycles. The number of benzene rings is 2. The van der Waals surface area contributed by atoms with Crippen molar-refractivity contribution < 1.29 is 19.0 Å². The Kier molecular flexibility index (Phi) is 7.23. The van der Waals surface area contributed by atoms with E-state index in [1.165, 1.54) is 11.8 Å². The second kappa shape index (κ2) is 9.62. The number of rotatable bonds is 8.